The quantitative estimate of drug-likeness (QED) is 0.428. The fourth-order valence-corrected chi connectivity index (χ4v) is 2.67. The maximum Gasteiger partial charge on any atom is 0.334 e. The number of rotatable bonds is 1. The van der Waals surface area contributed by atoms with Gasteiger partial charge in [-0.05, 0) is 37.8 Å². The molecule has 1 fully saturated rings. The lowest BCUT2D eigenvalue weighted by atomic mass is 9.85. The molecule has 4 heteroatoms. The van der Waals surface area contributed by atoms with Crippen molar-refractivity contribution < 1.29 is 19.7 Å². The summed E-state index contributed by atoms with van der Waals surface area (Å²) in [5.41, 5.74) is 2.23. The second kappa shape index (κ2) is 5.72. The molecule has 19 heavy (non-hydrogen) atoms. The molecule has 3 atom stereocenters. The molecule has 2 aliphatic rings. The van der Waals surface area contributed by atoms with E-state index in [1.54, 1.807) is 0 Å². The second-order valence-corrected chi connectivity index (χ2v) is 5.26. The number of carbonyl (C=O) groups is 1. The van der Waals surface area contributed by atoms with Gasteiger partial charge in [0.15, 0.2) is 0 Å². The molecule has 0 unspecified atom stereocenters. The molecule has 0 radical (unpaired) electrons. The molecular formula is C15H20O4. The van der Waals surface area contributed by atoms with E-state index in [4.69, 9.17) is 4.74 Å². The van der Waals surface area contributed by atoms with Crippen LogP contribution < -0.4 is 0 Å². The minimum Gasteiger partial charge on any atom is -0.454 e. The van der Waals surface area contributed by atoms with E-state index in [0.717, 1.165) is 24.0 Å². The number of allylic oxidation sites excluding steroid dienone is 2. The van der Waals surface area contributed by atoms with Gasteiger partial charge in [-0.25, -0.2) is 4.79 Å². The summed E-state index contributed by atoms with van der Waals surface area (Å²) in [6.45, 7) is 5.63. The van der Waals surface area contributed by atoms with Crippen LogP contribution in [0.1, 0.15) is 26.2 Å². The van der Waals surface area contributed by atoms with E-state index >= 15 is 0 Å². The van der Waals surface area contributed by atoms with E-state index in [0.29, 0.717) is 12.0 Å². The Morgan fingerprint density at radius 3 is 2.95 bits per heavy atom. The fourth-order valence-electron chi connectivity index (χ4n) is 2.67. The number of hydrogen-bond donors (Lipinski definition) is 2. The minimum absolute atomic E-state index is 0.0709. The van der Waals surface area contributed by atoms with Crippen molar-refractivity contribution in [1.29, 1.82) is 0 Å². The van der Waals surface area contributed by atoms with Crippen LogP contribution >= 0.6 is 0 Å². The minimum atomic E-state index is -0.760. The number of carbonyl (C=O) groups excluding carboxylic acids is 1. The van der Waals surface area contributed by atoms with Gasteiger partial charge in [0.25, 0.3) is 0 Å². The van der Waals surface area contributed by atoms with Crippen LogP contribution in [0.3, 0.4) is 0 Å². The van der Waals surface area contributed by atoms with Crippen molar-refractivity contribution in [2.75, 3.05) is 6.61 Å². The number of fused-ring (bicyclic) bond motifs is 1. The van der Waals surface area contributed by atoms with Crippen molar-refractivity contribution >= 4 is 5.97 Å². The number of ether oxygens (including phenoxy) is 1. The molecule has 4 nitrogen and oxygen atoms in total. The van der Waals surface area contributed by atoms with Crippen LogP contribution in [-0.4, -0.2) is 35.0 Å². The highest BCUT2D eigenvalue weighted by Gasteiger charge is 2.42. The van der Waals surface area contributed by atoms with Gasteiger partial charge in [0.2, 0.25) is 0 Å². The summed E-state index contributed by atoms with van der Waals surface area (Å²) in [4.78, 5) is 11.6. The maximum atomic E-state index is 11.6. The Labute approximate surface area is 113 Å². The SMILES string of the molecule is C=C1C(=O)O[C@@H]2/C=C(\C)CC/C=C(/CO)C[C@H](O)[C@@H]12. The van der Waals surface area contributed by atoms with E-state index in [1.165, 1.54) is 0 Å². The first-order valence-electron chi connectivity index (χ1n) is 6.57. The summed E-state index contributed by atoms with van der Waals surface area (Å²) in [6.07, 6.45) is 4.69. The second-order valence-electron chi connectivity index (χ2n) is 5.26. The van der Waals surface area contributed by atoms with Crippen LogP contribution in [0.2, 0.25) is 0 Å². The number of hydrogen-bond acceptors (Lipinski definition) is 4. The Bertz CT molecular complexity index is 447. The van der Waals surface area contributed by atoms with Gasteiger partial charge in [0.1, 0.15) is 6.10 Å². The van der Waals surface area contributed by atoms with Crippen LogP contribution in [0.25, 0.3) is 0 Å². The van der Waals surface area contributed by atoms with Crippen molar-refractivity contribution in [2.24, 2.45) is 5.92 Å². The van der Waals surface area contributed by atoms with Crippen LogP contribution in [0, 0.1) is 5.92 Å². The Morgan fingerprint density at radius 2 is 2.26 bits per heavy atom. The lowest BCUT2D eigenvalue weighted by Crippen LogP contribution is -2.29. The molecule has 0 aromatic carbocycles. The molecule has 1 heterocycles. The van der Waals surface area contributed by atoms with Gasteiger partial charge in [-0.3, -0.25) is 0 Å². The third-order valence-corrected chi connectivity index (χ3v) is 3.77. The molecule has 0 spiro atoms. The standard InChI is InChI=1S/C15H20O4/c1-9-4-3-5-11(8-16)7-12(17)14-10(2)15(18)19-13(14)6-9/h5-6,12-14,16-17H,2-4,7-8H2,1H3/b9-6+,11-5+/t12-,13+,14+/m0/s1. The highest BCUT2D eigenvalue weighted by Crippen LogP contribution is 2.34. The van der Waals surface area contributed by atoms with E-state index in [9.17, 15) is 15.0 Å². The predicted octanol–water partition coefficient (Wildman–Crippen LogP) is 1.49. The Morgan fingerprint density at radius 1 is 1.53 bits per heavy atom. The summed E-state index contributed by atoms with van der Waals surface area (Å²) in [5, 5.41) is 19.6. The highest BCUT2D eigenvalue weighted by molar-refractivity contribution is 5.91. The largest absolute Gasteiger partial charge is 0.454 e. The fraction of sp³-hybridized carbons (Fsp3) is 0.533. The molecule has 1 aliphatic heterocycles. The number of aliphatic hydroxyl groups is 2. The molecule has 2 N–H and O–H groups in total. The summed E-state index contributed by atoms with van der Waals surface area (Å²) >= 11 is 0. The molecule has 2 rings (SSSR count). The van der Waals surface area contributed by atoms with Gasteiger partial charge in [-0.15, -0.1) is 0 Å². The van der Waals surface area contributed by atoms with Crippen molar-refractivity contribution in [3.8, 4) is 0 Å². The van der Waals surface area contributed by atoms with Gasteiger partial charge in [-0.2, -0.15) is 0 Å². The summed E-state index contributed by atoms with van der Waals surface area (Å²) in [5.74, 6) is -0.859. The van der Waals surface area contributed by atoms with Crippen molar-refractivity contribution in [1.82, 2.24) is 0 Å². The first kappa shape index (κ1) is 14.0. The molecule has 104 valence electrons. The van der Waals surface area contributed by atoms with Crippen molar-refractivity contribution in [3.63, 3.8) is 0 Å². The topological polar surface area (TPSA) is 66.8 Å². The molecule has 1 aliphatic carbocycles. The summed E-state index contributed by atoms with van der Waals surface area (Å²) in [6, 6.07) is 0. The monoisotopic (exact) mass is 264 g/mol. The number of aliphatic hydroxyl groups excluding tert-OH is 2. The van der Waals surface area contributed by atoms with Crippen LogP contribution in [-0.2, 0) is 9.53 Å². The van der Waals surface area contributed by atoms with E-state index in [1.807, 2.05) is 19.1 Å². The summed E-state index contributed by atoms with van der Waals surface area (Å²) < 4.78 is 5.26. The zero-order chi connectivity index (χ0) is 14.0. The molecule has 0 bridgehead atoms. The number of esters is 1. The Hall–Kier alpha value is -1.39. The molecule has 0 saturated carbocycles. The first-order valence-corrected chi connectivity index (χ1v) is 6.57. The highest BCUT2D eigenvalue weighted by atomic mass is 16.6. The van der Waals surface area contributed by atoms with E-state index < -0.39 is 24.1 Å². The van der Waals surface area contributed by atoms with Gasteiger partial charge in [0, 0.05) is 5.57 Å². The van der Waals surface area contributed by atoms with Crippen molar-refractivity contribution in [2.45, 2.75) is 38.4 Å². The van der Waals surface area contributed by atoms with Gasteiger partial charge in [-0.1, -0.05) is 18.2 Å². The zero-order valence-electron chi connectivity index (χ0n) is 11.1. The van der Waals surface area contributed by atoms with Gasteiger partial charge < -0.3 is 14.9 Å². The Balaban J connectivity index is 2.32. The molecule has 0 aromatic heterocycles. The molecule has 1 saturated heterocycles. The summed E-state index contributed by atoms with van der Waals surface area (Å²) in [7, 11) is 0. The molecule has 0 amide bonds. The third-order valence-electron chi connectivity index (χ3n) is 3.77. The van der Waals surface area contributed by atoms with Gasteiger partial charge in [0.05, 0.1) is 18.6 Å². The van der Waals surface area contributed by atoms with Gasteiger partial charge >= 0.3 is 5.97 Å². The normalized spacial score (nSPS) is 37.7. The average molecular weight is 264 g/mol. The first-order chi connectivity index (χ1) is 9.02. The van der Waals surface area contributed by atoms with Crippen LogP contribution in [0.15, 0.2) is 35.5 Å². The smallest absolute Gasteiger partial charge is 0.334 e. The average Bonchev–Trinajstić information content (AvgIpc) is 2.63. The Kier molecular flexibility index (Phi) is 4.22. The van der Waals surface area contributed by atoms with Crippen molar-refractivity contribution in [3.05, 3.63) is 35.5 Å². The van der Waals surface area contributed by atoms with E-state index in [-0.39, 0.29) is 6.61 Å². The molecular weight excluding hydrogens is 244 g/mol. The predicted molar refractivity (Wildman–Crippen MR) is 71.3 cm³/mol. The van der Waals surface area contributed by atoms with Crippen LogP contribution in [0.4, 0.5) is 0 Å². The third kappa shape index (κ3) is 2.96. The molecule has 0 aromatic rings. The van der Waals surface area contributed by atoms with E-state index in [2.05, 4.69) is 6.58 Å². The van der Waals surface area contributed by atoms with Crippen LogP contribution in [0.5, 0.6) is 0 Å². The lowest BCUT2D eigenvalue weighted by Gasteiger charge is -2.23. The lowest BCUT2D eigenvalue weighted by molar-refractivity contribution is -0.137. The zero-order valence-corrected chi connectivity index (χ0v) is 11.1. The maximum absolute atomic E-state index is 11.6.